The Kier molecular flexibility index (Phi) is 6.11. The van der Waals surface area contributed by atoms with Crippen LogP contribution in [0.25, 0.3) is 32.9 Å². The van der Waals surface area contributed by atoms with Gasteiger partial charge in [-0.25, -0.2) is 13.8 Å². The molecule has 2 aromatic carbocycles. The summed E-state index contributed by atoms with van der Waals surface area (Å²) < 4.78 is 42.8. The lowest BCUT2D eigenvalue weighted by Gasteiger charge is -2.34. The summed E-state index contributed by atoms with van der Waals surface area (Å²) in [7, 11) is 1.42. The van der Waals surface area contributed by atoms with Crippen LogP contribution in [0.3, 0.4) is 0 Å². The van der Waals surface area contributed by atoms with Crippen molar-refractivity contribution >= 4 is 27.5 Å². The number of methoxy groups -OCH3 is 1. The molecule has 200 valence electrons. The molecule has 2 N–H and O–H groups in total. The molecule has 2 fully saturated rings. The first-order valence-electron chi connectivity index (χ1n) is 12.8. The van der Waals surface area contributed by atoms with Crippen molar-refractivity contribution in [3.05, 3.63) is 41.5 Å². The van der Waals surface area contributed by atoms with E-state index in [1.54, 1.807) is 0 Å². The van der Waals surface area contributed by atoms with Gasteiger partial charge in [-0.2, -0.15) is 9.97 Å². The number of rotatable bonds is 5. The molecule has 0 saturated carbocycles. The van der Waals surface area contributed by atoms with Gasteiger partial charge in [-0.15, -0.1) is 6.42 Å². The summed E-state index contributed by atoms with van der Waals surface area (Å²) in [6, 6.07) is 6.01. The fraction of sp³-hybridized carbons (Fsp3) is 0.345. The second-order valence-corrected chi connectivity index (χ2v) is 10.2. The number of nitrogens with one attached hydrogen (secondary N) is 1. The van der Waals surface area contributed by atoms with E-state index in [2.05, 4.69) is 31.1 Å². The third kappa shape index (κ3) is 4.23. The van der Waals surface area contributed by atoms with E-state index in [1.807, 2.05) is 13.8 Å². The van der Waals surface area contributed by atoms with Crippen molar-refractivity contribution in [2.45, 2.75) is 44.9 Å². The quantitative estimate of drug-likeness (QED) is 0.363. The summed E-state index contributed by atoms with van der Waals surface area (Å²) in [4.78, 5) is 15.7. The number of halogens is 2. The highest BCUT2D eigenvalue weighted by molar-refractivity contribution is 6.04. The van der Waals surface area contributed by atoms with Gasteiger partial charge in [0.2, 0.25) is 5.88 Å². The number of piperazine rings is 1. The third-order valence-electron chi connectivity index (χ3n) is 7.21. The van der Waals surface area contributed by atoms with Crippen molar-refractivity contribution in [1.82, 2.24) is 20.3 Å². The average molecular weight is 532 g/mol. The van der Waals surface area contributed by atoms with Crippen LogP contribution in [0, 0.1) is 24.0 Å². The first kappa shape index (κ1) is 25.1. The Morgan fingerprint density at radius 1 is 1.10 bits per heavy atom. The zero-order valence-electron chi connectivity index (χ0n) is 21.8. The molecule has 2 aliphatic rings. The van der Waals surface area contributed by atoms with Crippen LogP contribution in [0.15, 0.2) is 24.3 Å². The number of fused-ring (bicyclic) bond motifs is 4. The topological polar surface area (TPSA) is 92.6 Å². The number of aromatic hydroxyl groups is 1. The standard InChI is InChI=1S/C29H27F2N5O3/c1-5-19-21(30)9-6-15-10-18(37)11-20(22(15)19)25-24(31)26-23(28(33-25)39-14(2)3)27(35-29(34-26)38-4)36-12-16-7-8-17(13-36)32-16/h1,6,9-11,14,16-17,32,37H,7-8,12-13H2,2-4H3. The van der Waals surface area contributed by atoms with Crippen molar-refractivity contribution in [3.63, 3.8) is 0 Å². The highest BCUT2D eigenvalue weighted by Crippen LogP contribution is 2.42. The fourth-order valence-corrected chi connectivity index (χ4v) is 5.63. The Labute approximate surface area is 224 Å². The maximum atomic E-state index is 16.6. The third-order valence-corrected chi connectivity index (χ3v) is 7.21. The Morgan fingerprint density at radius 2 is 1.85 bits per heavy atom. The minimum absolute atomic E-state index is 0.00829. The summed E-state index contributed by atoms with van der Waals surface area (Å²) >= 11 is 0. The van der Waals surface area contributed by atoms with E-state index in [-0.39, 0.29) is 51.5 Å². The lowest BCUT2D eigenvalue weighted by molar-refractivity contribution is 0.236. The van der Waals surface area contributed by atoms with Gasteiger partial charge >= 0.3 is 6.01 Å². The van der Waals surface area contributed by atoms with E-state index in [1.165, 1.54) is 31.4 Å². The number of anilines is 1. The molecule has 6 rings (SSSR count). The largest absolute Gasteiger partial charge is 0.508 e. The number of hydrogen-bond donors (Lipinski definition) is 2. The maximum absolute atomic E-state index is 16.6. The summed E-state index contributed by atoms with van der Waals surface area (Å²) in [6.45, 7) is 5.03. The Balaban J connectivity index is 1.68. The molecule has 0 spiro atoms. The Hall–Kier alpha value is -4.23. The maximum Gasteiger partial charge on any atom is 0.318 e. The molecule has 39 heavy (non-hydrogen) atoms. The zero-order chi connectivity index (χ0) is 27.4. The van der Waals surface area contributed by atoms with Gasteiger partial charge in [-0.05, 0) is 50.3 Å². The molecule has 4 aromatic rings. The van der Waals surface area contributed by atoms with Crippen LogP contribution in [-0.2, 0) is 0 Å². The van der Waals surface area contributed by atoms with Crippen LogP contribution in [-0.4, -0.2) is 58.4 Å². The minimum Gasteiger partial charge on any atom is -0.508 e. The number of ether oxygens (including phenoxy) is 2. The lowest BCUT2D eigenvalue weighted by Crippen LogP contribution is -2.51. The monoisotopic (exact) mass is 531 g/mol. The molecule has 0 aliphatic carbocycles. The number of phenolic OH excluding ortho intramolecular Hbond substituents is 1. The van der Waals surface area contributed by atoms with Crippen LogP contribution in [0.1, 0.15) is 32.3 Å². The first-order valence-corrected chi connectivity index (χ1v) is 12.8. The van der Waals surface area contributed by atoms with Crippen molar-refractivity contribution in [2.24, 2.45) is 0 Å². The lowest BCUT2D eigenvalue weighted by atomic mass is 9.95. The fourth-order valence-electron chi connectivity index (χ4n) is 5.63. The highest BCUT2D eigenvalue weighted by atomic mass is 19.1. The molecule has 0 radical (unpaired) electrons. The Bertz CT molecular complexity index is 1660. The van der Waals surface area contributed by atoms with Gasteiger partial charge in [0, 0.05) is 36.1 Å². The van der Waals surface area contributed by atoms with E-state index >= 15 is 4.39 Å². The smallest absolute Gasteiger partial charge is 0.318 e. The summed E-state index contributed by atoms with van der Waals surface area (Å²) in [5.74, 6) is 1.36. The average Bonchev–Trinajstić information content (AvgIpc) is 3.26. The summed E-state index contributed by atoms with van der Waals surface area (Å²) in [6.07, 6.45) is 7.44. The Morgan fingerprint density at radius 3 is 2.51 bits per heavy atom. The van der Waals surface area contributed by atoms with Crippen molar-refractivity contribution in [1.29, 1.82) is 0 Å². The van der Waals surface area contributed by atoms with E-state index in [4.69, 9.17) is 15.9 Å². The van der Waals surface area contributed by atoms with Crippen LogP contribution in [0.5, 0.6) is 17.6 Å². The van der Waals surface area contributed by atoms with E-state index in [0.717, 1.165) is 12.8 Å². The van der Waals surface area contributed by atoms with Gasteiger partial charge in [-0.1, -0.05) is 12.0 Å². The van der Waals surface area contributed by atoms with Crippen molar-refractivity contribution < 1.29 is 23.4 Å². The van der Waals surface area contributed by atoms with Gasteiger partial charge in [0.25, 0.3) is 0 Å². The van der Waals surface area contributed by atoms with Crippen LogP contribution in [0.4, 0.5) is 14.6 Å². The molecular formula is C29H27F2N5O3. The first-order chi connectivity index (χ1) is 18.8. The number of terminal acetylenes is 1. The van der Waals surface area contributed by atoms with Crippen LogP contribution in [0.2, 0.25) is 0 Å². The second kappa shape index (κ2) is 9.50. The number of aromatic nitrogens is 3. The van der Waals surface area contributed by atoms with Crippen LogP contribution >= 0.6 is 0 Å². The number of pyridine rings is 1. The molecule has 10 heteroatoms. The predicted molar refractivity (Wildman–Crippen MR) is 144 cm³/mol. The van der Waals surface area contributed by atoms with Crippen molar-refractivity contribution in [2.75, 3.05) is 25.1 Å². The van der Waals surface area contributed by atoms with E-state index < -0.39 is 11.6 Å². The number of phenols is 1. The molecule has 4 heterocycles. The summed E-state index contributed by atoms with van der Waals surface area (Å²) in [5.41, 5.74) is -0.191. The predicted octanol–water partition coefficient (Wildman–Crippen LogP) is 4.55. The van der Waals surface area contributed by atoms with Gasteiger partial charge in [-0.3, -0.25) is 0 Å². The van der Waals surface area contributed by atoms with E-state index in [0.29, 0.717) is 41.8 Å². The molecule has 2 unspecified atom stereocenters. The molecule has 2 bridgehead atoms. The number of nitrogens with zero attached hydrogens (tertiary/aromatic N) is 4. The zero-order valence-corrected chi connectivity index (χ0v) is 21.8. The molecule has 8 nitrogen and oxygen atoms in total. The molecule has 2 aromatic heterocycles. The van der Waals surface area contributed by atoms with Gasteiger partial charge in [0.15, 0.2) is 5.82 Å². The molecule has 2 aliphatic heterocycles. The number of hydrogen-bond acceptors (Lipinski definition) is 8. The van der Waals surface area contributed by atoms with Crippen molar-refractivity contribution in [3.8, 4) is 41.2 Å². The highest BCUT2D eigenvalue weighted by Gasteiger charge is 2.35. The summed E-state index contributed by atoms with van der Waals surface area (Å²) in [5, 5.41) is 15.1. The van der Waals surface area contributed by atoms with Gasteiger partial charge < -0.3 is 24.8 Å². The van der Waals surface area contributed by atoms with Crippen LogP contribution < -0.4 is 19.7 Å². The van der Waals surface area contributed by atoms with Gasteiger partial charge in [0.1, 0.15) is 34.0 Å². The number of benzene rings is 2. The van der Waals surface area contributed by atoms with Gasteiger partial charge in [0.05, 0.1) is 18.8 Å². The second-order valence-electron chi connectivity index (χ2n) is 10.2. The normalized spacial score (nSPS) is 18.6. The molecule has 0 amide bonds. The SMILES string of the molecule is C#Cc1c(F)ccc2cc(O)cc(-c3nc(OC(C)C)c4c(N5CC6CCC(C5)N6)nc(OC)nc4c3F)c12. The molecular weight excluding hydrogens is 504 g/mol. The minimum atomic E-state index is -0.791. The molecule has 2 atom stereocenters. The van der Waals surface area contributed by atoms with E-state index in [9.17, 15) is 9.50 Å². The molecule has 2 saturated heterocycles.